The van der Waals surface area contributed by atoms with Crippen LogP contribution in [0.25, 0.3) is 11.4 Å². The molecule has 5 nitrogen and oxygen atoms in total. The lowest BCUT2D eigenvalue weighted by atomic mass is 10.0. The van der Waals surface area contributed by atoms with Crippen molar-refractivity contribution in [2.24, 2.45) is 0 Å². The first-order valence-corrected chi connectivity index (χ1v) is 9.13. The number of aromatic nitrogens is 2. The van der Waals surface area contributed by atoms with Crippen LogP contribution < -0.4 is 11.3 Å². The van der Waals surface area contributed by atoms with Gasteiger partial charge in [0.15, 0.2) is 0 Å². The summed E-state index contributed by atoms with van der Waals surface area (Å²) < 4.78 is 27.8. The van der Waals surface area contributed by atoms with E-state index in [0.717, 1.165) is 17.7 Å². The molecule has 2 heterocycles. The molecule has 8 heteroatoms. The lowest BCUT2D eigenvalue weighted by Crippen LogP contribution is -2.35. The predicted octanol–water partition coefficient (Wildman–Crippen LogP) is 3.51. The second kappa shape index (κ2) is 7.33. The molecule has 3 N–H and O–H groups in total. The zero-order chi connectivity index (χ0) is 19.8. The maximum atomic E-state index is 14.1. The summed E-state index contributed by atoms with van der Waals surface area (Å²) >= 11 is 5.94. The molecular formula is C20H17ClF2N4O. The highest BCUT2D eigenvalue weighted by molar-refractivity contribution is 6.31. The Labute approximate surface area is 164 Å². The molecule has 1 aromatic heterocycles. The topological polar surface area (TPSA) is 75.0 Å². The fourth-order valence-corrected chi connectivity index (χ4v) is 3.56. The summed E-state index contributed by atoms with van der Waals surface area (Å²) in [5, 5.41) is -0.216. The molecule has 0 saturated heterocycles. The van der Waals surface area contributed by atoms with Gasteiger partial charge in [-0.1, -0.05) is 11.6 Å². The summed E-state index contributed by atoms with van der Waals surface area (Å²) in [6.07, 6.45) is 0.467. The lowest BCUT2D eigenvalue weighted by molar-refractivity contribution is 0.237. The molecule has 28 heavy (non-hydrogen) atoms. The quantitative estimate of drug-likeness (QED) is 0.519. The number of hydrogen-bond donors (Lipinski definition) is 2. The number of aromatic amines is 1. The number of nitrogens with zero attached hydrogens (tertiary/aromatic N) is 2. The molecular weight excluding hydrogens is 386 g/mol. The maximum Gasteiger partial charge on any atom is 0.254 e. The van der Waals surface area contributed by atoms with E-state index < -0.39 is 11.6 Å². The third-order valence-electron chi connectivity index (χ3n) is 4.86. The lowest BCUT2D eigenvalue weighted by Gasteiger charge is -2.28. The molecule has 0 radical (unpaired) electrons. The van der Waals surface area contributed by atoms with Gasteiger partial charge in [0.05, 0.1) is 10.7 Å². The summed E-state index contributed by atoms with van der Waals surface area (Å²) in [6.45, 7) is 0.992. The van der Waals surface area contributed by atoms with Gasteiger partial charge >= 0.3 is 0 Å². The molecule has 1 aliphatic rings. The molecule has 0 amide bonds. The number of hydrogen-bond acceptors (Lipinski definition) is 4. The van der Waals surface area contributed by atoms with E-state index >= 15 is 0 Å². The number of fused-ring (bicyclic) bond motifs is 1. The summed E-state index contributed by atoms with van der Waals surface area (Å²) in [7, 11) is 0. The minimum atomic E-state index is -0.657. The molecule has 0 atom stereocenters. The van der Waals surface area contributed by atoms with Crippen LogP contribution >= 0.6 is 11.6 Å². The van der Waals surface area contributed by atoms with E-state index in [1.165, 1.54) is 0 Å². The first kappa shape index (κ1) is 18.6. The van der Waals surface area contributed by atoms with E-state index in [1.807, 2.05) is 4.90 Å². The van der Waals surface area contributed by atoms with Crippen molar-refractivity contribution in [3.05, 3.63) is 80.2 Å². The number of rotatable bonds is 3. The van der Waals surface area contributed by atoms with Crippen LogP contribution in [0, 0.1) is 11.6 Å². The Balaban J connectivity index is 1.64. The van der Waals surface area contributed by atoms with Crippen molar-refractivity contribution in [3.8, 4) is 11.4 Å². The van der Waals surface area contributed by atoms with Gasteiger partial charge in [0.2, 0.25) is 0 Å². The number of H-pyrrole nitrogens is 1. The minimum absolute atomic E-state index is 0.105. The molecule has 0 unspecified atom stereocenters. The van der Waals surface area contributed by atoms with Crippen molar-refractivity contribution >= 4 is 17.3 Å². The van der Waals surface area contributed by atoms with E-state index in [0.29, 0.717) is 42.3 Å². The number of nitrogens with one attached hydrogen (secondary N) is 1. The summed E-state index contributed by atoms with van der Waals surface area (Å²) in [4.78, 5) is 21.8. The summed E-state index contributed by atoms with van der Waals surface area (Å²) in [6, 6.07) is 9.10. The molecule has 0 spiro atoms. The predicted molar refractivity (Wildman–Crippen MR) is 104 cm³/mol. The smallest absolute Gasteiger partial charge is 0.254 e. The fraction of sp³-hybridized carbons (Fsp3) is 0.200. The normalized spacial score (nSPS) is 14.1. The Morgan fingerprint density at radius 3 is 2.61 bits per heavy atom. The molecule has 0 saturated carbocycles. The highest BCUT2D eigenvalue weighted by Gasteiger charge is 2.23. The Hall–Kier alpha value is -2.77. The Morgan fingerprint density at radius 2 is 1.86 bits per heavy atom. The Morgan fingerprint density at radius 1 is 1.14 bits per heavy atom. The SMILES string of the molecule is Nc1ccc(-c2nc3c(c(=O)[nH]2)CCN(Cc2c(F)ccc(F)c2Cl)C3)cc1. The third-order valence-corrected chi connectivity index (χ3v) is 5.27. The molecule has 0 fully saturated rings. The van der Waals surface area contributed by atoms with Crippen LogP contribution in [0.15, 0.2) is 41.2 Å². The van der Waals surface area contributed by atoms with Crippen LogP contribution in [-0.2, 0) is 19.5 Å². The van der Waals surface area contributed by atoms with Crippen molar-refractivity contribution in [3.63, 3.8) is 0 Å². The van der Waals surface area contributed by atoms with Crippen LogP contribution in [-0.4, -0.2) is 21.4 Å². The van der Waals surface area contributed by atoms with Gasteiger partial charge in [-0.05, 0) is 42.8 Å². The average molecular weight is 403 g/mol. The highest BCUT2D eigenvalue weighted by atomic mass is 35.5. The molecule has 2 aromatic carbocycles. The number of benzene rings is 2. The standard InChI is InChI=1S/C20H17ClF2N4O/c21-18-14(15(22)5-6-16(18)23)9-27-8-7-13-17(10-27)25-19(26-20(13)28)11-1-3-12(24)4-2-11/h1-6H,7-10,24H2,(H,25,26,28). The van der Waals surface area contributed by atoms with E-state index in [-0.39, 0.29) is 22.7 Å². The van der Waals surface area contributed by atoms with E-state index in [1.54, 1.807) is 24.3 Å². The van der Waals surface area contributed by atoms with Gasteiger partial charge in [-0.3, -0.25) is 9.69 Å². The summed E-state index contributed by atoms with van der Waals surface area (Å²) in [5.41, 5.74) is 8.21. The summed E-state index contributed by atoms with van der Waals surface area (Å²) in [5.74, 6) is -0.769. The zero-order valence-corrected chi connectivity index (χ0v) is 15.6. The van der Waals surface area contributed by atoms with Crippen molar-refractivity contribution in [2.75, 3.05) is 12.3 Å². The molecule has 144 valence electrons. The Kier molecular flexibility index (Phi) is 4.87. The zero-order valence-electron chi connectivity index (χ0n) is 14.8. The fourth-order valence-electron chi connectivity index (χ4n) is 3.34. The maximum absolute atomic E-state index is 14.1. The van der Waals surface area contributed by atoms with Gasteiger partial charge in [0, 0.05) is 42.0 Å². The van der Waals surface area contributed by atoms with E-state index in [9.17, 15) is 13.6 Å². The second-order valence-electron chi connectivity index (χ2n) is 6.74. The molecule has 3 aromatic rings. The van der Waals surface area contributed by atoms with Gasteiger partial charge in [-0.25, -0.2) is 13.8 Å². The van der Waals surface area contributed by atoms with Crippen molar-refractivity contribution in [1.82, 2.24) is 14.9 Å². The molecule has 0 aliphatic carbocycles. The van der Waals surface area contributed by atoms with Crippen LogP contribution in [0.4, 0.5) is 14.5 Å². The minimum Gasteiger partial charge on any atom is -0.399 e. The second-order valence-corrected chi connectivity index (χ2v) is 7.12. The van der Waals surface area contributed by atoms with E-state index in [4.69, 9.17) is 17.3 Å². The molecule has 1 aliphatic heterocycles. The number of nitrogen functional groups attached to an aromatic ring is 1. The monoisotopic (exact) mass is 402 g/mol. The molecule has 0 bridgehead atoms. The molecule has 4 rings (SSSR count). The van der Waals surface area contributed by atoms with Gasteiger partial charge in [0.1, 0.15) is 17.5 Å². The number of nitrogens with two attached hydrogens (primary N) is 1. The van der Waals surface area contributed by atoms with E-state index in [2.05, 4.69) is 9.97 Å². The van der Waals surface area contributed by atoms with Crippen molar-refractivity contribution < 1.29 is 8.78 Å². The number of halogens is 3. The van der Waals surface area contributed by atoms with Gasteiger partial charge in [-0.15, -0.1) is 0 Å². The van der Waals surface area contributed by atoms with Gasteiger partial charge < -0.3 is 10.7 Å². The van der Waals surface area contributed by atoms with Crippen molar-refractivity contribution in [2.45, 2.75) is 19.5 Å². The highest BCUT2D eigenvalue weighted by Crippen LogP contribution is 2.26. The first-order valence-electron chi connectivity index (χ1n) is 8.75. The first-order chi connectivity index (χ1) is 13.4. The van der Waals surface area contributed by atoms with Gasteiger partial charge in [0.25, 0.3) is 5.56 Å². The Bertz CT molecular complexity index is 1100. The van der Waals surface area contributed by atoms with Gasteiger partial charge in [-0.2, -0.15) is 0 Å². The largest absolute Gasteiger partial charge is 0.399 e. The van der Waals surface area contributed by atoms with Crippen LogP contribution in [0.5, 0.6) is 0 Å². The average Bonchev–Trinajstić information content (AvgIpc) is 2.68. The van der Waals surface area contributed by atoms with Crippen LogP contribution in [0.1, 0.15) is 16.8 Å². The van der Waals surface area contributed by atoms with Crippen molar-refractivity contribution in [1.29, 1.82) is 0 Å². The van der Waals surface area contributed by atoms with Crippen LogP contribution in [0.3, 0.4) is 0 Å². The van der Waals surface area contributed by atoms with Crippen LogP contribution in [0.2, 0.25) is 5.02 Å². The number of anilines is 1. The third kappa shape index (κ3) is 3.50.